The van der Waals surface area contributed by atoms with Gasteiger partial charge in [0.2, 0.25) is 5.95 Å². The van der Waals surface area contributed by atoms with E-state index in [1.165, 1.54) is 0 Å². The van der Waals surface area contributed by atoms with Crippen LogP contribution >= 0.6 is 0 Å². The Labute approximate surface area is 122 Å². The summed E-state index contributed by atoms with van der Waals surface area (Å²) in [6.07, 6.45) is 0. The number of fused-ring (bicyclic) bond motifs is 1. The molecule has 0 radical (unpaired) electrons. The number of nitrogens with zero attached hydrogens (tertiary/aromatic N) is 1. The molecule has 21 heavy (non-hydrogen) atoms. The van der Waals surface area contributed by atoms with E-state index < -0.39 is 0 Å². The molecule has 3 rings (SSSR count). The molecule has 0 fully saturated rings. The summed E-state index contributed by atoms with van der Waals surface area (Å²) in [5, 5.41) is 5.86. The number of aromatic nitrogens is 2. The number of aromatic amines is 1. The fourth-order valence-corrected chi connectivity index (χ4v) is 2.28. The second kappa shape index (κ2) is 5.28. The minimum Gasteiger partial charge on any atom is -0.388 e. The van der Waals surface area contributed by atoms with Crippen molar-refractivity contribution in [1.82, 2.24) is 9.97 Å². The molecule has 0 aliphatic rings. The Morgan fingerprint density at radius 3 is 2.71 bits per heavy atom. The Kier molecular flexibility index (Phi) is 3.31. The summed E-state index contributed by atoms with van der Waals surface area (Å²) in [5.74, 6) is 0.274. The summed E-state index contributed by atoms with van der Waals surface area (Å²) in [6.45, 7) is 1.96. The van der Waals surface area contributed by atoms with Gasteiger partial charge in [-0.15, -0.1) is 0 Å². The van der Waals surface area contributed by atoms with Gasteiger partial charge in [-0.25, -0.2) is 4.98 Å². The molecule has 0 atom stereocenters. The fraction of sp³-hybridized carbons (Fsp3) is 0.125. The topological polar surface area (TPSA) is 69.8 Å². The molecule has 5 heteroatoms. The van der Waals surface area contributed by atoms with Crippen molar-refractivity contribution in [2.75, 3.05) is 17.7 Å². The van der Waals surface area contributed by atoms with Crippen molar-refractivity contribution in [2.24, 2.45) is 0 Å². The second-order valence-electron chi connectivity index (χ2n) is 4.84. The zero-order chi connectivity index (χ0) is 14.8. The maximum atomic E-state index is 12.3. The first-order chi connectivity index (χ1) is 10.2. The molecule has 0 bridgehead atoms. The highest BCUT2D eigenvalue weighted by Crippen LogP contribution is 2.18. The average Bonchev–Trinajstić information content (AvgIpc) is 2.89. The Hall–Kier alpha value is -2.82. The number of aryl methyl sites for hydroxylation is 1. The number of nitrogens with one attached hydrogen (secondary N) is 3. The number of para-hydroxylation sites is 2. The number of rotatable bonds is 3. The van der Waals surface area contributed by atoms with E-state index in [-0.39, 0.29) is 5.91 Å². The van der Waals surface area contributed by atoms with Crippen LogP contribution in [0.3, 0.4) is 0 Å². The number of benzene rings is 2. The average molecular weight is 280 g/mol. The number of hydrogen-bond acceptors (Lipinski definition) is 3. The number of carbonyl (C=O) groups is 1. The Morgan fingerprint density at radius 1 is 1.19 bits per heavy atom. The first-order valence-corrected chi connectivity index (χ1v) is 6.72. The summed E-state index contributed by atoms with van der Waals surface area (Å²) < 4.78 is 0. The first kappa shape index (κ1) is 13.2. The first-order valence-electron chi connectivity index (χ1n) is 6.72. The number of imidazole rings is 1. The van der Waals surface area contributed by atoms with Gasteiger partial charge in [0.25, 0.3) is 5.91 Å². The predicted octanol–water partition coefficient (Wildman–Crippen LogP) is 3.17. The molecule has 0 unspecified atom stereocenters. The number of H-pyrrole nitrogens is 1. The van der Waals surface area contributed by atoms with Crippen molar-refractivity contribution in [1.29, 1.82) is 0 Å². The smallest absolute Gasteiger partial charge is 0.257 e. The Morgan fingerprint density at radius 2 is 2.00 bits per heavy atom. The van der Waals surface area contributed by atoms with Crippen LogP contribution in [0.4, 0.5) is 11.6 Å². The third-order valence-electron chi connectivity index (χ3n) is 3.38. The van der Waals surface area contributed by atoms with Crippen molar-refractivity contribution in [3.63, 3.8) is 0 Å². The van der Waals surface area contributed by atoms with E-state index >= 15 is 0 Å². The predicted molar refractivity (Wildman–Crippen MR) is 84.8 cm³/mol. The molecule has 0 aliphatic carbocycles. The molecular weight excluding hydrogens is 264 g/mol. The van der Waals surface area contributed by atoms with Crippen molar-refractivity contribution >= 4 is 28.6 Å². The van der Waals surface area contributed by atoms with Crippen LogP contribution < -0.4 is 10.6 Å². The molecule has 1 amide bonds. The maximum Gasteiger partial charge on any atom is 0.257 e. The molecule has 1 aromatic heterocycles. The number of hydrogen-bond donors (Lipinski definition) is 3. The Bertz CT molecular complexity index is 774. The van der Waals surface area contributed by atoms with Crippen molar-refractivity contribution < 1.29 is 4.79 Å². The van der Waals surface area contributed by atoms with Gasteiger partial charge >= 0.3 is 0 Å². The normalized spacial score (nSPS) is 10.6. The zero-order valence-corrected chi connectivity index (χ0v) is 11.9. The van der Waals surface area contributed by atoms with Crippen LogP contribution in [0.5, 0.6) is 0 Å². The molecule has 2 aromatic carbocycles. The summed E-state index contributed by atoms with van der Waals surface area (Å²) in [4.78, 5) is 19.7. The molecular formula is C16H16N4O. The van der Waals surface area contributed by atoms with E-state index in [0.29, 0.717) is 11.5 Å². The van der Waals surface area contributed by atoms with Crippen molar-refractivity contribution in [3.8, 4) is 0 Å². The zero-order valence-electron chi connectivity index (χ0n) is 11.9. The molecule has 0 saturated carbocycles. The van der Waals surface area contributed by atoms with Crippen LogP contribution in [0.2, 0.25) is 0 Å². The van der Waals surface area contributed by atoms with Crippen LogP contribution in [0.1, 0.15) is 15.9 Å². The molecule has 3 N–H and O–H groups in total. The lowest BCUT2D eigenvalue weighted by molar-refractivity contribution is 0.102. The standard InChI is InChI=1S/C16H16N4O/c1-10-9-11(7-8-12(10)17-2)15(21)20-16-18-13-5-3-4-6-14(13)19-16/h3-9,17H,1-2H3,(H2,18,19,20,21). The lowest BCUT2D eigenvalue weighted by Crippen LogP contribution is -2.13. The highest BCUT2D eigenvalue weighted by molar-refractivity contribution is 6.04. The maximum absolute atomic E-state index is 12.3. The summed E-state index contributed by atoms with van der Waals surface area (Å²) in [6, 6.07) is 13.2. The van der Waals surface area contributed by atoms with Gasteiger partial charge in [0.05, 0.1) is 11.0 Å². The van der Waals surface area contributed by atoms with Crippen LogP contribution in [0.15, 0.2) is 42.5 Å². The van der Waals surface area contributed by atoms with Gasteiger partial charge in [-0.3, -0.25) is 10.1 Å². The van der Waals surface area contributed by atoms with Crippen LogP contribution in [0, 0.1) is 6.92 Å². The molecule has 106 valence electrons. The lowest BCUT2D eigenvalue weighted by atomic mass is 10.1. The third-order valence-corrected chi connectivity index (χ3v) is 3.38. The van der Waals surface area contributed by atoms with E-state index in [1.807, 2.05) is 50.4 Å². The quantitative estimate of drug-likeness (QED) is 0.690. The van der Waals surface area contributed by atoms with E-state index in [1.54, 1.807) is 6.07 Å². The van der Waals surface area contributed by atoms with Gasteiger partial charge < -0.3 is 10.3 Å². The van der Waals surface area contributed by atoms with Gasteiger partial charge in [0, 0.05) is 18.3 Å². The van der Waals surface area contributed by atoms with Crippen LogP contribution in [0.25, 0.3) is 11.0 Å². The van der Waals surface area contributed by atoms with Gasteiger partial charge in [-0.05, 0) is 42.8 Å². The summed E-state index contributed by atoms with van der Waals surface area (Å²) in [5.41, 5.74) is 4.36. The van der Waals surface area contributed by atoms with Gasteiger partial charge in [0.1, 0.15) is 0 Å². The molecule has 0 spiro atoms. The van der Waals surface area contributed by atoms with Gasteiger partial charge in [-0.1, -0.05) is 12.1 Å². The van der Waals surface area contributed by atoms with Crippen molar-refractivity contribution in [2.45, 2.75) is 6.92 Å². The minimum absolute atomic E-state index is 0.181. The molecule has 1 heterocycles. The van der Waals surface area contributed by atoms with Crippen molar-refractivity contribution in [3.05, 3.63) is 53.6 Å². The van der Waals surface area contributed by atoms with E-state index in [9.17, 15) is 4.79 Å². The van der Waals surface area contributed by atoms with Crippen LogP contribution in [-0.4, -0.2) is 22.9 Å². The summed E-state index contributed by atoms with van der Waals surface area (Å²) in [7, 11) is 1.86. The minimum atomic E-state index is -0.181. The monoisotopic (exact) mass is 280 g/mol. The van der Waals surface area contributed by atoms with Gasteiger partial charge in [-0.2, -0.15) is 0 Å². The van der Waals surface area contributed by atoms with Crippen LogP contribution in [-0.2, 0) is 0 Å². The summed E-state index contributed by atoms with van der Waals surface area (Å²) >= 11 is 0. The second-order valence-corrected chi connectivity index (χ2v) is 4.84. The largest absolute Gasteiger partial charge is 0.388 e. The fourth-order valence-electron chi connectivity index (χ4n) is 2.28. The SMILES string of the molecule is CNc1ccc(C(=O)Nc2nc3ccccc3[nH]2)cc1C. The number of anilines is 2. The molecule has 0 aliphatic heterocycles. The lowest BCUT2D eigenvalue weighted by Gasteiger charge is -2.07. The highest BCUT2D eigenvalue weighted by atomic mass is 16.1. The number of carbonyl (C=O) groups excluding carboxylic acids is 1. The van der Waals surface area contributed by atoms with E-state index in [0.717, 1.165) is 22.3 Å². The Balaban J connectivity index is 1.84. The molecule has 5 nitrogen and oxygen atoms in total. The van der Waals surface area contributed by atoms with Gasteiger partial charge in [0.15, 0.2) is 0 Å². The highest BCUT2D eigenvalue weighted by Gasteiger charge is 2.10. The molecule has 0 saturated heterocycles. The van der Waals surface area contributed by atoms with E-state index in [2.05, 4.69) is 20.6 Å². The van der Waals surface area contributed by atoms with E-state index in [4.69, 9.17) is 0 Å². The number of amides is 1. The molecule has 3 aromatic rings. The third kappa shape index (κ3) is 2.58.